The molecule has 1 aliphatic heterocycles. The minimum atomic E-state index is -0.580. The van der Waals surface area contributed by atoms with Crippen LogP contribution < -0.4 is 19.7 Å². The standard InChI is InChI=1S/C26H29ClN4O4/c1-34-23-7-2-19(3-8-23)26(33)29-21-6-11-25(28-16-21)31-14-12-30(13-15-31)17-22(32)18-35-24-9-4-20(27)5-10-24/h2-11,16,22,32H,12-15,17-18H2,1H3,(H,29,33). The Morgan fingerprint density at radius 1 is 1.03 bits per heavy atom. The number of aliphatic hydroxyl groups excluding tert-OH is 1. The number of halogens is 1. The molecule has 1 amide bonds. The SMILES string of the molecule is COc1ccc(C(=O)Nc2ccc(N3CCN(CC(O)COc4ccc(Cl)cc4)CC3)nc2)cc1. The van der Waals surface area contributed by atoms with Gasteiger partial charge in [0.2, 0.25) is 0 Å². The summed E-state index contributed by atoms with van der Waals surface area (Å²) in [6, 6.07) is 17.8. The Morgan fingerprint density at radius 3 is 2.34 bits per heavy atom. The number of ether oxygens (including phenoxy) is 2. The van der Waals surface area contributed by atoms with E-state index < -0.39 is 6.10 Å². The van der Waals surface area contributed by atoms with Crippen LogP contribution in [0.15, 0.2) is 66.9 Å². The number of nitrogens with one attached hydrogen (secondary N) is 1. The number of amides is 1. The number of nitrogens with zero attached hydrogens (tertiary/aromatic N) is 3. The minimum Gasteiger partial charge on any atom is -0.497 e. The molecule has 3 aromatic rings. The lowest BCUT2D eigenvalue weighted by molar-refractivity contribution is 0.0662. The zero-order valence-electron chi connectivity index (χ0n) is 19.6. The minimum absolute atomic E-state index is 0.200. The monoisotopic (exact) mass is 496 g/mol. The molecule has 35 heavy (non-hydrogen) atoms. The quantitative estimate of drug-likeness (QED) is 0.468. The van der Waals surface area contributed by atoms with Gasteiger partial charge < -0.3 is 24.8 Å². The molecule has 1 saturated heterocycles. The van der Waals surface area contributed by atoms with Crippen molar-refractivity contribution in [3.63, 3.8) is 0 Å². The summed E-state index contributed by atoms with van der Waals surface area (Å²) in [5.41, 5.74) is 1.18. The van der Waals surface area contributed by atoms with Crippen molar-refractivity contribution in [1.82, 2.24) is 9.88 Å². The Kier molecular flexibility index (Phi) is 8.41. The number of benzene rings is 2. The fraction of sp³-hybridized carbons (Fsp3) is 0.308. The molecule has 0 spiro atoms. The Bertz CT molecular complexity index is 1090. The van der Waals surface area contributed by atoms with E-state index in [4.69, 9.17) is 21.1 Å². The van der Waals surface area contributed by atoms with Crippen LogP contribution in [0.25, 0.3) is 0 Å². The summed E-state index contributed by atoms with van der Waals surface area (Å²) >= 11 is 5.88. The van der Waals surface area contributed by atoms with Gasteiger partial charge in [-0.1, -0.05) is 11.6 Å². The van der Waals surface area contributed by atoms with E-state index >= 15 is 0 Å². The largest absolute Gasteiger partial charge is 0.497 e. The maximum atomic E-state index is 12.4. The maximum absolute atomic E-state index is 12.4. The molecule has 184 valence electrons. The summed E-state index contributed by atoms with van der Waals surface area (Å²) in [4.78, 5) is 21.4. The number of methoxy groups -OCH3 is 1. The van der Waals surface area contributed by atoms with Crippen molar-refractivity contribution in [2.24, 2.45) is 0 Å². The van der Waals surface area contributed by atoms with Gasteiger partial charge in [-0.2, -0.15) is 0 Å². The number of carbonyl (C=O) groups is 1. The topological polar surface area (TPSA) is 87.2 Å². The van der Waals surface area contributed by atoms with Crippen LogP contribution in [0.4, 0.5) is 11.5 Å². The summed E-state index contributed by atoms with van der Waals surface area (Å²) in [6.45, 7) is 4.01. The normalized spacial score (nSPS) is 14.9. The molecular formula is C26H29ClN4O4. The van der Waals surface area contributed by atoms with Crippen molar-refractivity contribution in [2.45, 2.75) is 6.10 Å². The van der Waals surface area contributed by atoms with Gasteiger partial charge in [-0.15, -0.1) is 0 Å². The van der Waals surface area contributed by atoms with E-state index in [1.807, 2.05) is 12.1 Å². The van der Waals surface area contributed by atoms with E-state index in [2.05, 4.69) is 20.1 Å². The number of hydrogen-bond donors (Lipinski definition) is 2. The van der Waals surface area contributed by atoms with Crippen molar-refractivity contribution < 1.29 is 19.4 Å². The molecule has 2 N–H and O–H groups in total. The Labute approximate surface area is 210 Å². The second kappa shape index (κ2) is 11.9. The third-order valence-corrected chi connectivity index (χ3v) is 6.03. The first-order chi connectivity index (χ1) is 17.0. The van der Waals surface area contributed by atoms with Crippen molar-refractivity contribution in [3.05, 3.63) is 77.4 Å². The molecule has 1 unspecified atom stereocenters. The van der Waals surface area contributed by atoms with Gasteiger partial charge in [0, 0.05) is 43.3 Å². The number of rotatable bonds is 9. The number of β-amino-alcohol motifs (C(OH)–C–C–N with tert-alkyl or cyclic N) is 1. The molecule has 0 aliphatic carbocycles. The highest BCUT2D eigenvalue weighted by Gasteiger charge is 2.20. The van der Waals surface area contributed by atoms with Crippen LogP contribution in [-0.2, 0) is 0 Å². The average molecular weight is 497 g/mol. The van der Waals surface area contributed by atoms with Crippen molar-refractivity contribution in [3.8, 4) is 11.5 Å². The van der Waals surface area contributed by atoms with E-state index in [1.165, 1.54) is 0 Å². The van der Waals surface area contributed by atoms with Gasteiger partial charge in [-0.3, -0.25) is 9.69 Å². The zero-order valence-corrected chi connectivity index (χ0v) is 20.3. The molecule has 9 heteroatoms. The molecule has 8 nitrogen and oxygen atoms in total. The molecule has 1 aromatic heterocycles. The van der Waals surface area contributed by atoms with Gasteiger partial charge in [-0.25, -0.2) is 4.98 Å². The Hall–Kier alpha value is -3.33. The number of piperazine rings is 1. The van der Waals surface area contributed by atoms with Gasteiger partial charge in [-0.05, 0) is 60.7 Å². The van der Waals surface area contributed by atoms with Crippen LogP contribution in [0, 0.1) is 0 Å². The van der Waals surface area contributed by atoms with E-state index in [1.54, 1.807) is 61.8 Å². The molecule has 4 rings (SSSR count). The molecular weight excluding hydrogens is 468 g/mol. The second-order valence-corrected chi connectivity index (χ2v) is 8.73. The number of aromatic nitrogens is 1. The van der Waals surface area contributed by atoms with E-state index in [9.17, 15) is 9.90 Å². The number of carbonyl (C=O) groups excluding carboxylic acids is 1. The lowest BCUT2D eigenvalue weighted by atomic mass is 10.2. The molecule has 0 radical (unpaired) electrons. The first-order valence-corrected chi connectivity index (χ1v) is 11.8. The first-order valence-electron chi connectivity index (χ1n) is 11.5. The molecule has 2 aromatic carbocycles. The summed E-state index contributed by atoms with van der Waals surface area (Å²) in [7, 11) is 1.59. The predicted octanol–water partition coefficient (Wildman–Crippen LogP) is 3.56. The summed E-state index contributed by atoms with van der Waals surface area (Å²) in [5, 5.41) is 13.9. The molecule has 0 bridgehead atoms. The smallest absolute Gasteiger partial charge is 0.255 e. The zero-order chi connectivity index (χ0) is 24.6. The number of hydrogen-bond acceptors (Lipinski definition) is 7. The third-order valence-electron chi connectivity index (χ3n) is 5.78. The highest BCUT2D eigenvalue weighted by Crippen LogP contribution is 2.19. The van der Waals surface area contributed by atoms with Crippen LogP contribution in [0.3, 0.4) is 0 Å². The lowest BCUT2D eigenvalue weighted by Gasteiger charge is -2.36. The van der Waals surface area contributed by atoms with Crippen LogP contribution >= 0.6 is 11.6 Å². The lowest BCUT2D eigenvalue weighted by Crippen LogP contribution is -2.49. The summed E-state index contributed by atoms with van der Waals surface area (Å²) in [6.07, 6.45) is 1.09. The molecule has 2 heterocycles. The van der Waals surface area contributed by atoms with Crippen LogP contribution in [0.1, 0.15) is 10.4 Å². The van der Waals surface area contributed by atoms with Crippen LogP contribution in [0.2, 0.25) is 5.02 Å². The molecule has 1 atom stereocenters. The molecule has 0 saturated carbocycles. The van der Waals surface area contributed by atoms with Crippen molar-refractivity contribution >= 4 is 29.0 Å². The number of anilines is 2. The van der Waals surface area contributed by atoms with Crippen LogP contribution in [0.5, 0.6) is 11.5 Å². The first kappa shape index (κ1) is 24.8. The summed E-state index contributed by atoms with van der Waals surface area (Å²) in [5.74, 6) is 2.05. The highest BCUT2D eigenvalue weighted by atomic mass is 35.5. The van der Waals surface area contributed by atoms with Gasteiger partial charge in [0.05, 0.1) is 19.0 Å². The average Bonchev–Trinajstić information content (AvgIpc) is 2.89. The Balaban J connectivity index is 1.21. The molecule has 1 fully saturated rings. The highest BCUT2D eigenvalue weighted by molar-refractivity contribution is 6.30. The second-order valence-electron chi connectivity index (χ2n) is 8.29. The van der Waals surface area contributed by atoms with Crippen molar-refractivity contribution in [2.75, 3.05) is 56.7 Å². The van der Waals surface area contributed by atoms with Gasteiger partial charge in [0.15, 0.2) is 0 Å². The predicted molar refractivity (Wildman–Crippen MR) is 137 cm³/mol. The summed E-state index contributed by atoms with van der Waals surface area (Å²) < 4.78 is 10.8. The van der Waals surface area contributed by atoms with E-state index in [0.29, 0.717) is 34.3 Å². The number of aliphatic hydroxyl groups is 1. The molecule has 1 aliphatic rings. The van der Waals surface area contributed by atoms with E-state index in [-0.39, 0.29) is 12.5 Å². The third kappa shape index (κ3) is 7.08. The number of pyridine rings is 1. The van der Waals surface area contributed by atoms with Gasteiger partial charge in [0.25, 0.3) is 5.91 Å². The maximum Gasteiger partial charge on any atom is 0.255 e. The van der Waals surface area contributed by atoms with Gasteiger partial charge in [0.1, 0.15) is 30.0 Å². The van der Waals surface area contributed by atoms with Crippen molar-refractivity contribution in [1.29, 1.82) is 0 Å². The van der Waals surface area contributed by atoms with Gasteiger partial charge >= 0.3 is 0 Å². The van der Waals surface area contributed by atoms with E-state index in [0.717, 1.165) is 32.0 Å². The Morgan fingerprint density at radius 2 is 1.71 bits per heavy atom. The fourth-order valence-electron chi connectivity index (χ4n) is 3.83. The van der Waals surface area contributed by atoms with Crippen LogP contribution in [-0.4, -0.2) is 73.4 Å². The fourth-order valence-corrected chi connectivity index (χ4v) is 3.95.